The summed E-state index contributed by atoms with van der Waals surface area (Å²) in [6.45, 7) is 3.96. The molecule has 1 unspecified atom stereocenters. The number of hydrogen-bond donors (Lipinski definition) is 1. The fourth-order valence-corrected chi connectivity index (χ4v) is 5.49. The number of aromatic nitrogens is 3. The van der Waals surface area contributed by atoms with Crippen molar-refractivity contribution < 1.29 is 9.52 Å². The zero-order valence-electron chi connectivity index (χ0n) is 14.8. The monoisotopic (exact) mass is 401 g/mol. The Morgan fingerprint density at radius 3 is 2.70 bits per heavy atom. The van der Waals surface area contributed by atoms with E-state index in [9.17, 15) is 5.11 Å². The van der Waals surface area contributed by atoms with Crippen LogP contribution in [0.2, 0.25) is 0 Å². The molecule has 1 saturated heterocycles. The molecule has 1 aliphatic heterocycles. The Bertz CT molecular complexity index is 1030. The van der Waals surface area contributed by atoms with Crippen LogP contribution in [0.1, 0.15) is 15.8 Å². The molecule has 0 radical (unpaired) electrons. The summed E-state index contributed by atoms with van der Waals surface area (Å²) in [5, 5.41) is 17.5. The van der Waals surface area contributed by atoms with Crippen LogP contribution in [0.5, 0.6) is 5.88 Å². The minimum Gasteiger partial charge on any atom is -0.492 e. The van der Waals surface area contributed by atoms with E-state index in [0.29, 0.717) is 16.5 Å². The van der Waals surface area contributed by atoms with Crippen LogP contribution in [0.25, 0.3) is 16.5 Å². The maximum atomic E-state index is 11.0. The van der Waals surface area contributed by atoms with E-state index in [1.54, 1.807) is 23.7 Å². The van der Waals surface area contributed by atoms with Crippen molar-refractivity contribution in [3.8, 4) is 17.5 Å². The lowest BCUT2D eigenvalue weighted by atomic mass is 10.1. The van der Waals surface area contributed by atoms with Crippen molar-refractivity contribution in [1.29, 1.82) is 0 Å². The van der Waals surface area contributed by atoms with Crippen LogP contribution in [0, 0.1) is 0 Å². The largest absolute Gasteiger partial charge is 0.492 e. The number of hydrogen-bond acceptors (Lipinski definition) is 8. The highest BCUT2D eigenvalue weighted by Gasteiger charge is 2.32. The summed E-state index contributed by atoms with van der Waals surface area (Å²) in [6.07, 6.45) is 1.59. The van der Waals surface area contributed by atoms with Gasteiger partial charge in [-0.25, -0.2) is 0 Å². The van der Waals surface area contributed by atoms with Gasteiger partial charge in [-0.2, -0.15) is 9.50 Å². The van der Waals surface area contributed by atoms with Gasteiger partial charge in [0.25, 0.3) is 0 Å². The molecule has 9 heteroatoms. The zero-order chi connectivity index (χ0) is 18.4. The molecule has 5 rings (SSSR count). The number of thiophene rings is 1. The third kappa shape index (κ3) is 2.96. The van der Waals surface area contributed by atoms with Crippen molar-refractivity contribution in [2.75, 3.05) is 33.2 Å². The lowest BCUT2D eigenvalue weighted by Gasteiger charge is -2.37. The predicted molar refractivity (Wildman–Crippen MR) is 105 cm³/mol. The van der Waals surface area contributed by atoms with Gasteiger partial charge in [0.05, 0.1) is 17.2 Å². The van der Waals surface area contributed by atoms with Crippen LogP contribution in [-0.4, -0.2) is 62.7 Å². The number of furan rings is 1. The maximum absolute atomic E-state index is 11.0. The van der Waals surface area contributed by atoms with E-state index in [4.69, 9.17) is 4.42 Å². The average Bonchev–Trinajstić information content (AvgIpc) is 3.44. The Morgan fingerprint density at radius 1 is 1.19 bits per heavy atom. The fourth-order valence-electron chi connectivity index (χ4n) is 3.44. The highest BCUT2D eigenvalue weighted by molar-refractivity contribution is 7.17. The summed E-state index contributed by atoms with van der Waals surface area (Å²) < 4.78 is 6.90. The average molecular weight is 402 g/mol. The molecule has 4 aromatic heterocycles. The van der Waals surface area contributed by atoms with Crippen LogP contribution in [0.15, 0.2) is 40.3 Å². The molecule has 1 atom stereocenters. The number of fused-ring (bicyclic) bond motifs is 1. The molecule has 0 saturated carbocycles. The molecular formula is C18H19N5O2S2. The third-order valence-electron chi connectivity index (χ3n) is 4.91. The molecule has 140 valence electrons. The van der Waals surface area contributed by atoms with Crippen LogP contribution >= 0.6 is 22.7 Å². The van der Waals surface area contributed by atoms with Gasteiger partial charge in [-0.15, -0.1) is 16.4 Å². The first kappa shape index (κ1) is 16.9. The summed E-state index contributed by atoms with van der Waals surface area (Å²) >= 11 is 3.21. The van der Waals surface area contributed by atoms with Crippen LogP contribution in [0.3, 0.4) is 0 Å². The zero-order valence-corrected chi connectivity index (χ0v) is 16.4. The number of rotatable bonds is 4. The van der Waals surface area contributed by atoms with Gasteiger partial charge in [0, 0.05) is 31.1 Å². The Balaban J connectivity index is 1.56. The van der Waals surface area contributed by atoms with Crippen LogP contribution < -0.4 is 0 Å². The second-order valence-electron chi connectivity index (χ2n) is 6.65. The van der Waals surface area contributed by atoms with E-state index in [1.807, 2.05) is 6.07 Å². The molecule has 4 aromatic rings. The molecular weight excluding hydrogens is 382 g/mol. The van der Waals surface area contributed by atoms with Gasteiger partial charge >= 0.3 is 0 Å². The summed E-state index contributed by atoms with van der Waals surface area (Å²) in [5.74, 6) is 1.25. The lowest BCUT2D eigenvalue weighted by Crippen LogP contribution is -2.45. The summed E-state index contributed by atoms with van der Waals surface area (Å²) in [4.78, 5) is 12.1. The van der Waals surface area contributed by atoms with Gasteiger partial charge in [-0.05, 0) is 30.6 Å². The predicted octanol–water partition coefficient (Wildman–Crippen LogP) is 3.15. The molecule has 1 aliphatic rings. The van der Waals surface area contributed by atoms with E-state index in [2.05, 4.69) is 44.4 Å². The van der Waals surface area contributed by atoms with Gasteiger partial charge < -0.3 is 14.4 Å². The number of likely N-dealkylation sites (N-methyl/N-ethyl adjacent to an activating group) is 1. The van der Waals surface area contributed by atoms with Gasteiger partial charge in [-0.3, -0.25) is 4.90 Å². The SMILES string of the molecule is CN1CCN(C(c2cccs2)c2sc3nc(-c4ccco4)nn3c2O)CC1. The number of nitrogens with zero attached hydrogens (tertiary/aromatic N) is 5. The molecule has 27 heavy (non-hydrogen) atoms. The summed E-state index contributed by atoms with van der Waals surface area (Å²) in [7, 11) is 2.15. The molecule has 0 spiro atoms. The van der Waals surface area contributed by atoms with Crippen molar-refractivity contribution >= 4 is 27.6 Å². The van der Waals surface area contributed by atoms with Crippen molar-refractivity contribution in [2.24, 2.45) is 0 Å². The van der Waals surface area contributed by atoms with E-state index < -0.39 is 0 Å². The molecule has 1 N–H and O–H groups in total. The number of thiazole rings is 1. The van der Waals surface area contributed by atoms with Gasteiger partial charge in [0.15, 0.2) is 5.76 Å². The molecule has 0 aliphatic carbocycles. The molecule has 7 nitrogen and oxygen atoms in total. The second kappa shape index (κ2) is 6.75. The molecule has 0 aromatic carbocycles. The number of aromatic hydroxyl groups is 1. The van der Waals surface area contributed by atoms with Crippen molar-refractivity contribution in [2.45, 2.75) is 6.04 Å². The van der Waals surface area contributed by atoms with E-state index in [1.165, 1.54) is 20.7 Å². The van der Waals surface area contributed by atoms with E-state index in [0.717, 1.165) is 31.1 Å². The van der Waals surface area contributed by atoms with Crippen molar-refractivity contribution in [3.63, 3.8) is 0 Å². The van der Waals surface area contributed by atoms with Gasteiger partial charge in [0.1, 0.15) is 0 Å². The molecule has 0 bridgehead atoms. The second-order valence-corrected chi connectivity index (χ2v) is 8.64. The first-order valence-electron chi connectivity index (χ1n) is 8.79. The normalized spacial score (nSPS) is 17.7. The van der Waals surface area contributed by atoms with Crippen LogP contribution in [0.4, 0.5) is 0 Å². The first-order chi connectivity index (χ1) is 13.2. The highest BCUT2D eigenvalue weighted by Crippen LogP contribution is 2.42. The molecule has 5 heterocycles. The highest BCUT2D eigenvalue weighted by atomic mass is 32.1. The Labute approximate surface area is 164 Å². The first-order valence-corrected chi connectivity index (χ1v) is 10.5. The molecule has 0 amide bonds. The van der Waals surface area contributed by atoms with Crippen LogP contribution in [-0.2, 0) is 0 Å². The van der Waals surface area contributed by atoms with Crippen molar-refractivity contribution in [3.05, 3.63) is 45.7 Å². The Morgan fingerprint density at radius 2 is 2.04 bits per heavy atom. The standard InChI is InChI=1S/C18H19N5O2S2/c1-21-6-8-22(9-7-21)14(13-5-3-11-26-13)15-17(24)23-18(27-15)19-16(20-23)12-4-2-10-25-12/h2-5,10-11,14,24H,6-9H2,1H3. The van der Waals surface area contributed by atoms with Crippen molar-refractivity contribution in [1.82, 2.24) is 24.4 Å². The fraction of sp³-hybridized carbons (Fsp3) is 0.333. The maximum Gasteiger partial charge on any atom is 0.230 e. The minimum atomic E-state index is 0.0271. The number of piperazine rings is 1. The Hall–Kier alpha value is -2.20. The smallest absolute Gasteiger partial charge is 0.230 e. The minimum absolute atomic E-state index is 0.0271. The third-order valence-corrected chi connectivity index (χ3v) is 6.90. The summed E-state index contributed by atoms with van der Waals surface area (Å²) in [5.41, 5.74) is 0. The lowest BCUT2D eigenvalue weighted by molar-refractivity contribution is 0.128. The quantitative estimate of drug-likeness (QED) is 0.566. The van der Waals surface area contributed by atoms with E-state index in [-0.39, 0.29) is 11.9 Å². The Kier molecular flexibility index (Phi) is 4.24. The molecule has 1 fully saturated rings. The van der Waals surface area contributed by atoms with E-state index >= 15 is 0 Å². The topological polar surface area (TPSA) is 70.0 Å². The van der Waals surface area contributed by atoms with Gasteiger partial charge in [0.2, 0.25) is 16.7 Å². The van der Waals surface area contributed by atoms with Gasteiger partial charge in [-0.1, -0.05) is 17.4 Å². The summed E-state index contributed by atoms with van der Waals surface area (Å²) in [6, 6.07) is 7.84.